The van der Waals surface area contributed by atoms with E-state index in [0.717, 1.165) is 16.9 Å². The maximum absolute atomic E-state index is 10.6. The number of carbonyl (C=O) groups is 1. The van der Waals surface area contributed by atoms with Gasteiger partial charge in [0.05, 0.1) is 19.2 Å². The van der Waals surface area contributed by atoms with Crippen molar-refractivity contribution in [2.75, 3.05) is 25.0 Å². The summed E-state index contributed by atoms with van der Waals surface area (Å²) in [6.07, 6.45) is 3.53. The molecule has 0 bridgehead atoms. The van der Waals surface area contributed by atoms with Crippen LogP contribution in [0.15, 0.2) is 42.7 Å². The predicted molar refractivity (Wildman–Crippen MR) is 93.7 cm³/mol. The normalized spacial score (nSPS) is 10.8. The molecule has 0 amide bonds. The highest BCUT2D eigenvalue weighted by Gasteiger charge is 2.10. The van der Waals surface area contributed by atoms with Gasteiger partial charge < -0.3 is 20.9 Å². The molecule has 25 heavy (non-hydrogen) atoms. The van der Waals surface area contributed by atoms with E-state index in [1.54, 1.807) is 16.8 Å². The summed E-state index contributed by atoms with van der Waals surface area (Å²) < 4.78 is 7.19. The van der Waals surface area contributed by atoms with Crippen molar-refractivity contribution in [1.82, 2.24) is 14.6 Å². The van der Waals surface area contributed by atoms with Gasteiger partial charge >= 0.3 is 5.97 Å². The molecule has 0 saturated heterocycles. The number of nitrogens with zero attached hydrogens (tertiary/aromatic N) is 3. The number of rotatable bonds is 8. The maximum atomic E-state index is 10.6. The lowest BCUT2D eigenvalue weighted by atomic mass is 10.1. The predicted octanol–water partition coefficient (Wildman–Crippen LogP) is 1.62. The zero-order valence-electron chi connectivity index (χ0n) is 13.6. The number of ether oxygens (including phenoxy) is 1. The number of hydrogen-bond acceptors (Lipinski definition) is 6. The van der Waals surface area contributed by atoms with Crippen LogP contribution in [0.2, 0.25) is 0 Å². The first kappa shape index (κ1) is 16.7. The topological polar surface area (TPSA) is 115 Å². The van der Waals surface area contributed by atoms with Crippen LogP contribution < -0.4 is 15.8 Å². The molecule has 0 saturated carbocycles. The van der Waals surface area contributed by atoms with E-state index in [9.17, 15) is 4.79 Å². The number of benzene rings is 1. The largest absolute Gasteiger partial charge is 0.493 e. The minimum Gasteiger partial charge on any atom is -0.493 e. The zero-order chi connectivity index (χ0) is 17.6. The first-order chi connectivity index (χ1) is 12.2. The van der Waals surface area contributed by atoms with Crippen molar-refractivity contribution in [3.05, 3.63) is 42.7 Å². The summed E-state index contributed by atoms with van der Waals surface area (Å²) in [6.45, 7) is 1.28. The molecule has 0 radical (unpaired) electrons. The van der Waals surface area contributed by atoms with Gasteiger partial charge in [0.2, 0.25) is 0 Å². The van der Waals surface area contributed by atoms with Crippen molar-refractivity contribution in [1.29, 1.82) is 0 Å². The second-order valence-electron chi connectivity index (χ2n) is 5.37. The number of aliphatic carboxylic acids is 1. The highest BCUT2D eigenvalue weighted by Crippen LogP contribution is 2.27. The summed E-state index contributed by atoms with van der Waals surface area (Å²) in [5.74, 6) is 0.449. The highest BCUT2D eigenvalue weighted by atomic mass is 16.5. The highest BCUT2D eigenvalue weighted by molar-refractivity contribution is 5.78. The van der Waals surface area contributed by atoms with Crippen LogP contribution in [-0.4, -0.2) is 45.4 Å². The second kappa shape index (κ2) is 7.63. The number of nitrogens with two attached hydrogens (primary N) is 1. The molecule has 3 rings (SSSR count). The molecule has 0 atom stereocenters. The minimum atomic E-state index is -0.888. The van der Waals surface area contributed by atoms with Crippen molar-refractivity contribution < 1.29 is 14.6 Å². The van der Waals surface area contributed by atoms with Gasteiger partial charge in [-0.1, -0.05) is 12.1 Å². The minimum absolute atomic E-state index is 0.0430. The van der Waals surface area contributed by atoms with Crippen LogP contribution in [0.1, 0.15) is 6.42 Å². The summed E-state index contributed by atoms with van der Waals surface area (Å²) >= 11 is 0. The quantitative estimate of drug-likeness (QED) is 0.570. The Morgan fingerprint density at radius 1 is 1.36 bits per heavy atom. The monoisotopic (exact) mass is 341 g/mol. The summed E-state index contributed by atoms with van der Waals surface area (Å²) in [5.41, 5.74) is 7.98. The summed E-state index contributed by atoms with van der Waals surface area (Å²) in [5, 5.41) is 16.2. The number of fused-ring (bicyclic) bond motifs is 1. The van der Waals surface area contributed by atoms with Gasteiger partial charge in [-0.05, 0) is 23.8 Å². The number of nitrogens with one attached hydrogen (secondary N) is 1. The van der Waals surface area contributed by atoms with Crippen LogP contribution in [0.5, 0.6) is 5.75 Å². The van der Waals surface area contributed by atoms with E-state index in [1.165, 1.54) is 0 Å². The van der Waals surface area contributed by atoms with Crippen molar-refractivity contribution in [3.8, 4) is 16.9 Å². The van der Waals surface area contributed by atoms with Crippen LogP contribution in [0.3, 0.4) is 0 Å². The molecule has 0 aliphatic heterocycles. The Balaban J connectivity index is 1.86. The average Bonchev–Trinajstić information content (AvgIpc) is 3.03. The fourth-order valence-electron chi connectivity index (χ4n) is 2.38. The second-order valence-corrected chi connectivity index (χ2v) is 5.37. The molecule has 4 N–H and O–H groups in total. The van der Waals surface area contributed by atoms with E-state index in [-0.39, 0.29) is 13.0 Å². The van der Waals surface area contributed by atoms with E-state index < -0.39 is 5.97 Å². The van der Waals surface area contributed by atoms with Crippen molar-refractivity contribution in [2.45, 2.75) is 6.42 Å². The Morgan fingerprint density at radius 2 is 2.24 bits per heavy atom. The van der Waals surface area contributed by atoms with Gasteiger partial charge in [0.1, 0.15) is 11.6 Å². The maximum Gasteiger partial charge on any atom is 0.306 e. The Morgan fingerprint density at radius 3 is 3.04 bits per heavy atom. The van der Waals surface area contributed by atoms with Gasteiger partial charge in [-0.2, -0.15) is 5.10 Å². The van der Waals surface area contributed by atoms with E-state index >= 15 is 0 Å². The molecule has 0 aliphatic rings. The molecule has 3 aromatic rings. The molecule has 2 heterocycles. The Kier molecular flexibility index (Phi) is 5.10. The lowest BCUT2D eigenvalue weighted by Crippen LogP contribution is -2.14. The smallest absolute Gasteiger partial charge is 0.306 e. The van der Waals surface area contributed by atoms with Crippen LogP contribution >= 0.6 is 0 Å². The molecule has 0 spiro atoms. The van der Waals surface area contributed by atoms with Crippen molar-refractivity contribution in [3.63, 3.8) is 0 Å². The van der Waals surface area contributed by atoms with Crippen LogP contribution in [0, 0.1) is 0 Å². The van der Waals surface area contributed by atoms with Crippen LogP contribution in [0.25, 0.3) is 16.8 Å². The molecule has 0 aliphatic carbocycles. The molecule has 8 nitrogen and oxygen atoms in total. The Bertz CT molecular complexity index is 878. The van der Waals surface area contributed by atoms with Crippen LogP contribution in [-0.2, 0) is 4.79 Å². The Hall–Kier alpha value is -3.13. The van der Waals surface area contributed by atoms with E-state index in [0.29, 0.717) is 24.5 Å². The van der Waals surface area contributed by atoms with E-state index in [4.69, 9.17) is 15.6 Å². The summed E-state index contributed by atoms with van der Waals surface area (Å²) in [6, 6.07) is 9.26. The average molecular weight is 341 g/mol. The number of carboxylic acids is 1. The van der Waals surface area contributed by atoms with Gasteiger partial charge in [-0.25, -0.2) is 9.50 Å². The lowest BCUT2D eigenvalue weighted by molar-refractivity contribution is -0.137. The van der Waals surface area contributed by atoms with E-state index in [2.05, 4.69) is 15.4 Å². The van der Waals surface area contributed by atoms with Gasteiger partial charge in [-0.3, -0.25) is 4.79 Å². The van der Waals surface area contributed by atoms with Crippen molar-refractivity contribution in [2.24, 2.45) is 5.73 Å². The number of carboxylic acid groups (broad SMARTS) is 1. The molecule has 0 unspecified atom stereocenters. The molecule has 1 aromatic carbocycles. The fraction of sp³-hybridized carbons (Fsp3) is 0.235. The third-order valence-electron chi connectivity index (χ3n) is 3.55. The molecule has 2 aromatic heterocycles. The van der Waals surface area contributed by atoms with Gasteiger partial charge in [0.15, 0.2) is 5.65 Å². The third kappa shape index (κ3) is 4.04. The summed E-state index contributed by atoms with van der Waals surface area (Å²) in [4.78, 5) is 15.2. The molecule has 0 fully saturated rings. The number of anilines is 1. The van der Waals surface area contributed by atoms with Crippen LogP contribution in [0.4, 0.5) is 5.82 Å². The first-order valence-electron chi connectivity index (χ1n) is 7.91. The lowest BCUT2D eigenvalue weighted by Gasteiger charge is -2.07. The molecule has 130 valence electrons. The zero-order valence-corrected chi connectivity index (χ0v) is 13.6. The van der Waals surface area contributed by atoms with Gasteiger partial charge in [-0.15, -0.1) is 0 Å². The first-order valence-corrected chi connectivity index (χ1v) is 7.91. The van der Waals surface area contributed by atoms with Crippen molar-refractivity contribution >= 4 is 17.4 Å². The number of hydrogen-bond donors (Lipinski definition) is 3. The Labute approximate surface area is 144 Å². The van der Waals surface area contributed by atoms with E-state index in [1.807, 2.05) is 30.5 Å². The standard InChI is InChI=1S/C17H19N5O3/c18-6-7-19-15-4-8-22-17(21-15)14(11-20-22)12-2-1-3-13(10-12)25-9-5-16(23)24/h1-4,8,10-11H,5-7,9,18H2,(H,19,21)(H,23,24). The fourth-order valence-corrected chi connectivity index (χ4v) is 2.38. The van der Waals surface area contributed by atoms with Gasteiger partial charge in [0, 0.05) is 24.8 Å². The molecular formula is C17H19N5O3. The third-order valence-corrected chi connectivity index (χ3v) is 3.55. The SMILES string of the molecule is NCCNc1ccn2ncc(-c3cccc(OCCC(=O)O)c3)c2n1. The summed E-state index contributed by atoms with van der Waals surface area (Å²) in [7, 11) is 0. The van der Waals surface area contributed by atoms with Gasteiger partial charge in [0.25, 0.3) is 0 Å². The molecule has 8 heteroatoms. The number of aromatic nitrogens is 3. The molecular weight excluding hydrogens is 322 g/mol.